The molecular formula is C13H14N4O5S3. The molecule has 1 aliphatic rings. The van der Waals surface area contributed by atoms with Crippen LogP contribution in [-0.4, -0.2) is 55.8 Å². The Morgan fingerprint density at radius 3 is 2.64 bits per heavy atom. The van der Waals surface area contributed by atoms with Gasteiger partial charge in [0.1, 0.15) is 14.9 Å². The number of nitrogens with one attached hydrogen (secondary N) is 1. The first-order valence-corrected chi connectivity index (χ1v) is 10.3. The zero-order valence-corrected chi connectivity index (χ0v) is 15.2. The largest absolute Gasteiger partial charge is 0.379 e. The Bertz CT molecular complexity index is 885. The number of carbonyl (C=O) groups excluding carboxylic acids is 2. The molecule has 3 rings (SSSR count). The number of thiophene rings is 1. The van der Waals surface area contributed by atoms with E-state index in [0.29, 0.717) is 13.2 Å². The van der Waals surface area contributed by atoms with Crippen LogP contribution < -0.4 is 11.1 Å². The first-order chi connectivity index (χ1) is 11.9. The standard InChI is InChI=1S/C13H14N4O5S3/c14-11(18)8-5-10(25(20,21)17-1-3-22-4-2-17)24-13(8)16-12(19)9-6-23-7-15-9/h5-7H,1-4H2,(H2,14,18)(H,16,19). The van der Waals surface area contributed by atoms with E-state index in [0.717, 1.165) is 11.3 Å². The molecule has 9 nitrogen and oxygen atoms in total. The van der Waals surface area contributed by atoms with Gasteiger partial charge in [0.05, 0.1) is 24.3 Å². The number of thiazole rings is 1. The van der Waals surface area contributed by atoms with E-state index in [-0.39, 0.29) is 33.6 Å². The fourth-order valence-electron chi connectivity index (χ4n) is 2.18. The summed E-state index contributed by atoms with van der Waals surface area (Å²) < 4.78 is 31.8. The Balaban J connectivity index is 1.91. The summed E-state index contributed by atoms with van der Waals surface area (Å²) in [5, 5.41) is 4.13. The van der Waals surface area contributed by atoms with Crippen LogP contribution in [0.25, 0.3) is 0 Å². The number of amides is 2. The molecule has 1 fully saturated rings. The van der Waals surface area contributed by atoms with Crippen molar-refractivity contribution < 1.29 is 22.7 Å². The van der Waals surface area contributed by atoms with Crippen LogP contribution in [0, 0.1) is 0 Å². The Kier molecular flexibility index (Phi) is 5.15. The van der Waals surface area contributed by atoms with Crippen molar-refractivity contribution in [3.8, 4) is 0 Å². The van der Waals surface area contributed by atoms with Crippen molar-refractivity contribution in [2.75, 3.05) is 31.6 Å². The number of anilines is 1. The van der Waals surface area contributed by atoms with E-state index in [2.05, 4.69) is 10.3 Å². The summed E-state index contributed by atoms with van der Waals surface area (Å²) in [5.41, 5.74) is 6.93. The molecule has 2 amide bonds. The number of morpholine rings is 1. The molecule has 25 heavy (non-hydrogen) atoms. The molecule has 0 radical (unpaired) electrons. The number of ether oxygens (including phenoxy) is 1. The van der Waals surface area contributed by atoms with Gasteiger partial charge < -0.3 is 15.8 Å². The minimum absolute atomic E-state index is 0.0552. The minimum atomic E-state index is -3.79. The average Bonchev–Trinajstić information content (AvgIpc) is 3.25. The number of primary amides is 1. The van der Waals surface area contributed by atoms with Crippen molar-refractivity contribution >= 4 is 49.5 Å². The van der Waals surface area contributed by atoms with Crippen molar-refractivity contribution in [2.45, 2.75) is 4.21 Å². The number of aromatic nitrogens is 1. The molecule has 0 atom stereocenters. The number of hydrogen-bond donors (Lipinski definition) is 2. The molecule has 0 unspecified atom stereocenters. The van der Waals surface area contributed by atoms with E-state index in [4.69, 9.17) is 10.5 Å². The summed E-state index contributed by atoms with van der Waals surface area (Å²) in [4.78, 5) is 27.6. The van der Waals surface area contributed by atoms with Gasteiger partial charge in [-0.2, -0.15) is 4.31 Å². The predicted octanol–water partition coefficient (Wildman–Crippen LogP) is 0.577. The Morgan fingerprint density at radius 1 is 1.32 bits per heavy atom. The van der Waals surface area contributed by atoms with Crippen LogP contribution in [0.3, 0.4) is 0 Å². The SMILES string of the molecule is NC(=O)c1cc(S(=O)(=O)N2CCOCC2)sc1NC(=O)c1cscn1. The second-order valence-corrected chi connectivity index (χ2v) is 8.95. The molecule has 1 saturated heterocycles. The van der Waals surface area contributed by atoms with Crippen molar-refractivity contribution in [2.24, 2.45) is 5.73 Å². The lowest BCUT2D eigenvalue weighted by Crippen LogP contribution is -2.40. The van der Waals surface area contributed by atoms with Crippen LogP contribution in [0.15, 0.2) is 21.2 Å². The van der Waals surface area contributed by atoms with Crippen LogP contribution in [0.4, 0.5) is 5.00 Å². The van der Waals surface area contributed by atoms with Crippen LogP contribution in [0.5, 0.6) is 0 Å². The lowest BCUT2D eigenvalue weighted by molar-refractivity contribution is 0.0731. The van der Waals surface area contributed by atoms with Gasteiger partial charge in [-0.1, -0.05) is 0 Å². The topological polar surface area (TPSA) is 132 Å². The lowest BCUT2D eigenvalue weighted by Gasteiger charge is -2.25. The molecule has 0 saturated carbocycles. The van der Waals surface area contributed by atoms with Crippen LogP contribution in [-0.2, 0) is 14.8 Å². The number of hydrogen-bond acceptors (Lipinski definition) is 8. The maximum atomic E-state index is 12.7. The molecule has 0 aliphatic carbocycles. The number of nitrogens with zero attached hydrogens (tertiary/aromatic N) is 2. The van der Waals surface area contributed by atoms with E-state index in [9.17, 15) is 18.0 Å². The minimum Gasteiger partial charge on any atom is -0.379 e. The summed E-state index contributed by atoms with van der Waals surface area (Å²) >= 11 is 2.03. The zero-order chi connectivity index (χ0) is 18.0. The molecule has 134 valence electrons. The average molecular weight is 402 g/mol. The van der Waals surface area contributed by atoms with Gasteiger partial charge in [0.25, 0.3) is 21.8 Å². The third-order valence-corrected chi connectivity index (χ3v) is 7.42. The van der Waals surface area contributed by atoms with E-state index in [1.54, 1.807) is 0 Å². The Morgan fingerprint density at radius 2 is 2.04 bits per heavy atom. The highest BCUT2D eigenvalue weighted by Gasteiger charge is 2.30. The molecule has 3 heterocycles. The second-order valence-electron chi connectivity index (χ2n) is 5.02. The number of rotatable bonds is 5. The first kappa shape index (κ1) is 17.9. The van der Waals surface area contributed by atoms with Gasteiger partial charge in [-0.3, -0.25) is 9.59 Å². The molecule has 2 aromatic rings. The molecule has 1 aliphatic heterocycles. The fourth-order valence-corrected chi connectivity index (χ4v) is 5.64. The van der Waals surface area contributed by atoms with Crippen LogP contribution in [0.2, 0.25) is 0 Å². The Labute approximate surface area is 151 Å². The molecule has 0 bridgehead atoms. The van der Waals surface area contributed by atoms with Crippen molar-refractivity contribution in [1.29, 1.82) is 0 Å². The normalized spacial score (nSPS) is 15.8. The molecular weight excluding hydrogens is 388 g/mol. The summed E-state index contributed by atoms with van der Waals surface area (Å²) in [5.74, 6) is -1.37. The van der Waals surface area contributed by atoms with Gasteiger partial charge in [-0.15, -0.1) is 22.7 Å². The van der Waals surface area contributed by atoms with Gasteiger partial charge >= 0.3 is 0 Å². The number of sulfonamides is 1. The smallest absolute Gasteiger partial charge is 0.275 e. The third kappa shape index (κ3) is 3.72. The lowest BCUT2D eigenvalue weighted by atomic mass is 10.3. The number of carbonyl (C=O) groups is 2. The first-order valence-electron chi connectivity index (χ1n) is 7.10. The van der Waals surface area contributed by atoms with E-state index >= 15 is 0 Å². The van der Waals surface area contributed by atoms with Crippen molar-refractivity contribution in [3.63, 3.8) is 0 Å². The van der Waals surface area contributed by atoms with Gasteiger partial charge in [0.15, 0.2) is 0 Å². The Hall–Kier alpha value is -1.86. The summed E-state index contributed by atoms with van der Waals surface area (Å²) in [6.45, 7) is 1.07. The van der Waals surface area contributed by atoms with Crippen LogP contribution >= 0.6 is 22.7 Å². The molecule has 3 N–H and O–H groups in total. The third-order valence-electron chi connectivity index (χ3n) is 3.43. The fraction of sp³-hybridized carbons (Fsp3) is 0.308. The highest BCUT2D eigenvalue weighted by molar-refractivity contribution is 7.91. The summed E-state index contributed by atoms with van der Waals surface area (Å²) in [6.07, 6.45) is 0. The highest BCUT2D eigenvalue weighted by atomic mass is 32.2. The van der Waals surface area contributed by atoms with Crippen LogP contribution in [0.1, 0.15) is 20.8 Å². The zero-order valence-electron chi connectivity index (χ0n) is 12.8. The summed E-state index contributed by atoms with van der Waals surface area (Å²) in [7, 11) is -3.79. The monoisotopic (exact) mass is 402 g/mol. The molecule has 2 aromatic heterocycles. The van der Waals surface area contributed by atoms with E-state index in [1.807, 2.05) is 0 Å². The second kappa shape index (κ2) is 7.17. The number of nitrogens with two attached hydrogens (primary N) is 1. The maximum absolute atomic E-state index is 12.7. The van der Waals surface area contributed by atoms with Gasteiger partial charge in [-0.05, 0) is 6.07 Å². The van der Waals surface area contributed by atoms with Gasteiger partial charge in [-0.25, -0.2) is 13.4 Å². The highest BCUT2D eigenvalue weighted by Crippen LogP contribution is 2.33. The van der Waals surface area contributed by atoms with Crippen molar-refractivity contribution in [1.82, 2.24) is 9.29 Å². The predicted molar refractivity (Wildman–Crippen MR) is 92.5 cm³/mol. The molecule has 0 aromatic carbocycles. The quantitative estimate of drug-likeness (QED) is 0.752. The molecule has 0 spiro atoms. The van der Waals surface area contributed by atoms with Crippen molar-refractivity contribution in [3.05, 3.63) is 28.2 Å². The maximum Gasteiger partial charge on any atom is 0.275 e. The summed E-state index contributed by atoms with van der Waals surface area (Å²) in [6, 6.07) is 1.19. The molecule has 12 heteroatoms. The van der Waals surface area contributed by atoms with Gasteiger partial charge in [0, 0.05) is 18.5 Å². The van der Waals surface area contributed by atoms with Gasteiger partial charge in [0.2, 0.25) is 0 Å². The van der Waals surface area contributed by atoms with E-state index < -0.39 is 21.8 Å². The van der Waals surface area contributed by atoms with E-state index in [1.165, 1.54) is 32.6 Å².